The van der Waals surface area contributed by atoms with Gasteiger partial charge in [-0.25, -0.2) is 8.42 Å². The molecule has 1 N–H and O–H groups in total. The molecule has 0 aliphatic heterocycles. The number of benzene rings is 3. The molecule has 0 unspecified atom stereocenters. The first-order valence-electron chi connectivity index (χ1n) is 10.0. The fraction of sp³-hybridized carbons (Fsp3) is 0.292. The van der Waals surface area contributed by atoms with E-state index in [0.29, 0.717) is 18.7 Å². The highest BCUT2D eigenvalue weighted by Crippen LogP contribution is 2.25. The van der Waals surface area contributed by atoms with E-state index < -0.39 is 16.1 Å². The lowest BCUT2D eigenvalue weighted by molar-refractivity contribution is -0.122. The van der Waals surface area contributed by atoms with Gasteiger partial charge in [-0.3, -0.25) is 9.10 Å². The second kappa shape index (κ2) is 8.88. The van der Waals surface area contributed by atoms with Crippen molar-refractivity contribution in [1.82, 2.24) is 5.32 Å². The average molecular weight is 425 g/mol. The summed E-state index contributed by atoms with van der Waals surface area (Å²) in [4.78, 5) is 13.0. The Morgan fingerprint density at radius 1 is 0.967 bits per heavy atom. The minimum absolute atomic E-state index is 0.310. The Kier molecular flexibility index (Phi) is 6.46. The van der Waals surface area contributed by atoms with Crippen LogP contribution in [0.5, 0.6) is 0 Å². The predicted molar refractivity (Wildman–Crippen MR) is 123 cm³/mol. The van der Waals surface area contributed by atoms with Gasteiger partial charge in [-0.2, -0.15) is 0 Å². The quantitative estimate of drug-likeness (QED) is 0.614. The summed E-state index contributed by atoms with van der Waals surface area (Å²) >= 11 is 0. The molecule has 0 spiro atoms. The summed E-state index contributed by atoms with van der Waals surface area (Å²) in [6.45, 7) is 5.99. The molecule has 5 nitrogen and oxygen atoms in total. The highest BCUT2D eigenvalue weighted by molar-refractivity contribution is 7.92. The van der Waals surface area contributed by atoms with E-state index in [9.17, 15) is 13.2 Å². The molecular weight excluding hydrogens is 396 g/mol. The van der Waals surface area contributed by atoms with Gasteiger partial charge in [0.05, 0.1) is 11.9 Å². The van der Waals surface area contributed by atoms with Gasteiger partial charge in [0.15, 0.2) is 0 Å². The molecule has 3 aromatic rings. The third-order valence-electron chi connectivity index (χ3n) is 5.07. The number of hydrogen-bond acceptors (Lipinski definition) is 3. The first-order chi connectivity index (χ1) is 14.2. The smallest absolute Gasteiger partial charge is 0.244 e. The lowest BCUT2D eigenvalue weighted by atomic mass is 10.1. The van der Waals surface area contributed by atoms with Gasteiger partial charge in [-0.15, -0.1) is 0 Å². The number of carbonyl (C=O) groups excluding carboxylic acids is 1. The van der Waals surface area contributed by atoms with E-state index in [4.69, 9.17) is 0 Å². The Morgan fingerprint density at radius 3 is 2.20 bits per heavy atom. The zero-order valence-corrected chi connectivity index (χ0v) is 18.7. The Labute approximate surface area is 178 Å². The number of rotatable bonds is 7. The summed E-state index contributed by atoms with van der Waals surface area (Å²) in [5.41, 5.74) is 3.38. The number of carbonyl (C=O) groups is 1. The zero-order chi connectivity index (χ0) is 21.9. The van der Waals surface area contributed by atoms with Crippen molar-refractivity contribution in [3.8, 4) is 0 Å². The van der Waals surface area contributed by atoms with E-state index in [0.717, 1.165) is 33.7 Å². The minimum Gasteiger partial charge on any atom is -0.350 e. The van der Waals surface area contributed by atoms with E-state index >= 15 is 0 Å². The number of hydrogen-bond donors (Lipinski definition) is 1. The van der Waals surface area contributed by atoms with E-state index in [2.05, 4.69) is 5.32 Å². The van der Waals surface area contributed by atoms with Crippen LogP contribution in [0, 0.1) is 13.8 Å². The Balaban J connectivity index is 1.84. The highest BCUT2D eigenvalue weighted by Gasteiger charge is 2.31. The fourth-order valence-corrected chi connectivity index (χ4v) is 4.99. The third-order valence-corrected chi connectivity index (χ3v) is 6.25. The number of fused-ring (bicyclic) bond motifs is 1. The van der Waals surface area contributed by atoms with Crippen molar-refractivity contribution in [1.29, 1.82) is 0 Å². The Morgan fingerprint density at radius 2 is 1.60 bits per heavy atom. The molecule has 0 radical (unpaired) electrons. The lowest BCUT2D eigenvalue weighted by Gasteiger charge is -2.30. The van der Waals surface area contributed by atoms with Crippen LogP contribution in [0.1, 0.15) is 30.0 Å². The van der Waals surface area contributed by atoms with Crippen molar-refractivity contribution in [2.75, 3.05) is 10.6 Å². The summed E-state index contributed by atoms with van der Waals surface area (Å²) in [7, 11) is -3.65. The maximum absolute atomic E-state index is 13.0. The molecule has 3 rings (SSSR count). The normalized spacial score (nSPS) is 12.5. The first-order valence-corrected chi connectivity index (χ1v) is 11.9. The van der Waals surface area contributed by atoms with Crippen LogP contribution >= 0.6 is 0 Å². The average Bonchev–Trinajstić information content (AvgIpc) is 2.68. The molecule has 0 saturated carbocycles. The molecule has 1 atom stereocenters. The fourth-order valence-electron chi connectivity index (χ4n) is 3.79. The summed E-state index contributed by atoms with van der Waals surface area (Å²) < 4.78 is 26.5. The molecule has 6 heteroatoms. The molecule has 0 aliphatic rings. The Bertz CT molecular complexity index is 1150. The van der Waals surface area contributed by atoms with Gasteiger partial charge in [0.1, 0.15) is 6.04 Å². The van der Waals surface area contributed by atoms with Gasteiger partial charge in [-0.1, -0.05) is 49.4 Å². The van der Waals surface area contributed by atoms with Gasteiger partial charge in [0, 0.05) is 6.54 Å². The van der Waals surface area contributed by atoms with Gasteiger partial charge in [0.25, 0.3) is 0 Å². The second-order valence-corrected chi connectivity index (χ2v) is 9.59. The predicted octanol–water partition coefficient (Wildman–Crippen LogP) is 4.32. The van der Waals surface area contributed by atoms with Crippen LogP contribution in [0.15, 0.2) is 60.7 Å². The molecule has 0 bridgehead atoms. The Hall–Kier alpha value is -2.86. The zero-order valence-electron chi connectivity index (χ0n) is 17.8. The van der Waals surface area contributed by atoms with Crippen molar-refractivity contribution in [3.05, 3.63) is 77.4 Å². The number of sulfonamides is 1. The summed E-state index contributed by atoms with van der Waals surface area (Å²) in [5, 5.41) is 5.16. The summed E-state index contributed by atoms with van der Waals surface area (Å²) in [5.74, 6) is -0.310. The number of amides is 1. The first kappa shape index (κ1) is 21.8. The standard InChI is InChI=1S/C24H28N2O3S/c1-5-23(26(30(4,28)29)22-13-17(2)12-18(3)14-22)24(27)25-16-19-10-11-20-8-6-7-9-21(20)15-19/h6-15,23H,5,16H2,1-4H3,(H,25,27)/t23-/m0/s1. The van der Waals surface area contributed by atoms with Crippen LogP contribution in [-0.2, 0) is 21.4 Å². The highest BCUT2D eigenvalue weighted by atomic mass is 32.2. The van der Waals surface area contributed by atoms with Crippen molar-refractivity contribution in [2.24, 2.45) is 0 Å². The van der Waals surface area contributed by atoms with Crippen LogP contribution in [-0.4, -0.2) is 26.6 Å². The number of anilines is 1. The maximum Gasteiger partial charge on any atom is 0.244 e. The third kappa shape index (κ3) is 5.00. The van der Waals surface area contributed by atoms with E-state index in [1.54, 1.807) is 12.1 Å². The van der Waals surface area contributed by atoms with Gasteiger partial charge >= 0.3 is 0 Å². The van der Waals surface area contributed by atoms with Crippen LogP contribution in [0.2, 0.25) is 0 Å². The molecule has 3 aromatic carbocycles. The van der Waals surface area contributed by atoms with E-state index in [-0.39, 0.29) is 5.91 Å². The maximum atomic E-state index is 13.0. The molecule has 0 fully saturated rings. The number of aryl methyl sites for hydroxylation is 2. The lowest BCUT2D eigenvalue weighted by Crippen LogP contribution is -2.49. The van der Waals surface area contributed by atoms with Crippen LogP contribution < -0.4 is 9.62 Å². The van der Waals surface area contributed by atoms with Crippen LogP contribution in [0.4, 0.5) is 5.69 Å². The van der Waals surface area contributed by atoms with Crippen molar-refractivity contribution >= 4 is 32.4 Å². The summed E-state index contributed by atoms with van der Waals surface area (Å²) in [6.07, 6.45) is 1.51. The van der Waals surface area contributed by atoms with Gasteiger partial charge in [-0.05, 0) is 65.9 Å². The second-order valence-electron chi connectivity index (χ2n) is 7.73. The molecular formula is C24H28N2O3S. The van der Waals surface area contributed by atoms with Crippen molar-refractivity contribution in [3.63, 3.8) is 0 Å². The molecule has 1 amide bonds. The SMILES string of the molecule is CC[C@@H](C(=O)NCc1ccc2ccccc2c1)N(c1cc(C)cc(C)c1)S(C)(=O)=O. The topological polar surface area (TPSA) is 66.5 Å². The monoisotopic (exact) mass is 424 g/mol. The molecule has 0 aliphatic carbocycles. The number of nitrogens with zero attached hydrogens (tertiary/aromatic N) is 1. The largest absolute Gasteiger partial charge is 0.350 e. The molecule has 0 heterocycles. The van der Waals surface area contributed by atoms with E-state index in [1.807, 2.05) is 69.3 Å². The molecule has 158 valence electrons. The van der Waals surface area contributed by atoms with Crippen LogP contribution in [0.3, 0.4) is 0 Å². The molecule has 30 heavy (non-hydrogen) atoms. The van der Waals surface area contributed by atoms with E-state index in [1.165, 1.54) is 4.31 Å². The summed E-state index contributed by atoms with van der Waals surface area (Å²) in [6, 6.07) is 18.8. The number of nitrogens with one attached hydrogen (secondary N) is 1. The van der Waals surface area contributed by atoms with Gasteiger partial charge in [0.2, 0.25) is 15.9 Å². The van der Waals surface area contributed by atoms with Crippen molar-refractivity contribution < 1.29 is 13.2 Å². The molecule has 0 saturated heterocycles. The van der Waals surface area contributed by atoms with Gasteiger partial charge < -0.3 is 5.32 Å². The van der Waals surface area contributed by atoms with Crippen LogP contribution in [0.25, 0.3) is 10.8 Å². The molecule has 0 aromatic heterocycles. The van der Waals surface area contributed by atoms with Crippen molar-refractivity contribution in [2.45, 2.75) is 39.8 Å². The minimum atomic E-state index is -3.65.